The number of nitrogens with zero attached hydrogens (tertiary/aromatic N) is 1. The second-order valence-corrected chi connectivity index (χ2v) is 5.17. The molecule has 7 heteroatoms. The lowest BCUT2D eigenvalue weighted by Gasteiger charge is -2.11. The molecular weight excluding hydrogens is 292 g/mol. The van der Waals surface area contributed by atoms with E-state index >= 15 is 0 Å². The van der Waals surface area contributed by atoms with Crippen molar-refractivity contribution in [1.29, 1.82) is 0 Å². The second kappa shape index (κ2) is 5.78. The molecule has 2 aromatic rings. The van der Waals surface area contributed by atoms with E-state index in [0.717, 1.165) is 22.7 Å². The van der Waals surface area contributed by atoms with Gasteiger partial charge in [0.05, 0.1) is 16.8 Å². The lowest BCUT2D eigenvalue weighted by molar-refractivity contribution is -0.139. The Labute approximate surface area is 117 Å². The van der Waals surface area contributed by atoms with Crippen LogP contribution in [0.15, 0.2) is 23.7 Å². The number of nitrogens with one attached hydrogen (secondary N) is 1. The monoisotopic (exact) mass is 304 g/mol. The van der Waals surface area contributed by atoms with Crippen LogP contribution >= 0.6 is 11.3 Å². The Balaban J connectivity index is 2.02. The average Bonchev–Trinajstić information content (AvgIpc) is 2.76. The molecule has 1 N–H and O–H groups in total. The summed E-state index contributed by atoms with van der Waals surface area (Å²) in [6, 6.07) is 2.90. The minimum atomic E-state index is -4.68. The van der Waals surface area contributed by atoms with Crippen LogP contribution in [0.25, 0.3) is 0 Å². The summed E-state index contributed by atoms with van der Waals surface area (Å²) in [6.07, 6.45) is -4.02. The van der Waals surface area contributed by atoms with Gasteiger partial charge in [0.2, 0.25) is 0 Å². The molecule has 0 fully saturated rings. The van der Waals surface area contributed by atoms with E-state index in [1.807, 2.05) is 6.92 Å². The standard InChI is InChI=1S/C13H12F4N2S/c1-8-12(20-7-19-8)4-5-18-9-2-3-11(14)10(6-9)13(15,16)17/h2-3,6-7,18H,4-5H2,1H3. The Kier molecular flexibility index (Phi) is 4.27. The van der Waals surface area contributed by atoms with Crippen molar-refractivity contribution in [3.05, 3.63) is 45.7 Å². The van der Waals surface area contributed by atoms with Crippen molar-refractivity contribution in [2.75, 3.05) is 11.9 Å². The first kappa shape index (κ1) is 14.8. The fraction of sp³-hybridized carbons (Fsp3) is 0.308. The molecule has 0 bridgehead atoms. The van der Waals surface area contributed by atoms with Gasteiger partial charge in [-0.2, -0.15) is 13.2 Å². The van der Waals surface area contributed by atoms with Crippen LogP contribution in [-0.4, -0.2) is 11.5 Å². The SMILES string of the molecule is Cc1ncsc1CCNc1ccc(F)c(C(F)(F)F)c1. The summed E-state index contributed by atoms with van der Waals surface area (Å²) in [5.74, 6) is -1.26. The maximum Gasteiger partial charge on any atom is 0.419 e. The minimum Gasteiger partial charge on any atom is -0.385 e. The van der Waals surface area contributed by atoms with E-state index in [9.17, 15) is 17.6 Å². The zero-order chi connectivity index (χ0) is 14.8. The number of anilines is 1. The van der Waals surface area contributed by atoms with Crippen molar-refractivity contribution >= 4 is 17.0 Å². The molecule has 20 heavy (non-hydrogen) atoms. The summed E-state index contributed by atoms with van der Waals surface area (Å²) in [5.41, 5.74) is 1.65. The first-order valence-electron chi connectivity index (χ1n) is 5.87. The molecule has 1 aromatic carbocycles. The third-order valence-electron chi connectivity index (χ3n) is 2.80. The highest BCUT2D eigenvalue weighted by Gasteiger charge is 2.34. The Morgan fingerprint density at radius 3 is 2.65 bits per heavy atom. The fourth-order valence-corrected chi connectivity index (χ4v) is 2.52. The molecule has 2 nitrogen and oxygen atoms in total. The number of rotatable bonds is 4. The highest BCUT2D eigenvalue weighted by atomic mass is 32.1. The predicted octanol–water partition coefficient (Wildman–Crippen LogP) is 4.26. The Hall–Kier alpha value is -1.63. The van der Waals surface area contributed by atoms with Crippen molar-refractivity contribution < 1.29 is 17.6 Å². The molecule has 0 aliphatic heterocycles. The maximum atomic E-state index is 13.1. The normalized spacial score (nSPS) is 11.7. The Morgan fingerprint density at radius 1 is 1.30 bits per heavy atom. The molecule has 0 saturated heterocycles. The van der Waals surface area contributed by atoms with Gasteiger partial charge >= 0.3 is 6.18 Å². The second-order valence-electron chi connectivity index (χ2n) is 4.23. The molecular formula is C13H12F4N2S. The summed E-state index contributed by atoms with van der Waals surface area (Å²) in [6.45, 7) is 2.34. The third-order valence-corrected chi connectivity index (χ3v) is 3.79. The van der Waals surface area contributed by atoms with Crippen molar-refractivity contribution in [2.45, 2.75) is 19.5 Å². The summed E-state index contributed by atoms with van der Waals surface area (Å²) in [4.78, 5) is 5.17. The summed E-state index contributed by atoms with van der Waals surface area (Å²) >= 11 is 1.50. The van der Waals surface area contributed by atoms with E-state index in [0.29, 0.717) is 13.0 Å². The fourth-order valence-electron chi connectivity index (χ4n) is 1.74. The quantitative estimate of drug-likeness (QED) is 0.854. The smallest absolute Gasteiger partial charge is 0.385 e. The van der Waals surface area contributed by atoms with Gasteiger partial charge in [-0.05, 0) is 25.1 Å². The van der Waals surface area contributed by atoms with Gasteiger partial charge in [0.25, 0.3) is 0 Å². The van der Waals surface area contributed by atoms with Crippen molar-refractivity contribution in [3.8, 4) is 0 Å². The van der Waals surface area contributed by atoms with E-state index in [1.165, 1.54) is 17.4 Å². The third kappa shape index (κ3) is 3.47. The van der Waals surface area contributed by atoms with E-state index in [1.54, 1.807) is 5.51 Å². The van der Waals surface area contributed by atoms with Crippen LogP contribution in [0.1, 0.15) is 16.1 Å². The number of thiazole rings is 1. The number of aromatic nitrogens is 1. The largest absolute Gasteiger partial charge is 0.419 e. The number of benzene rings is 1. The molecule has 1 heterocycles. The van der Waals surface area contributed by atoms with Gasteiger partial charge in [-0.25, -0.2) is 9.37 Å². The highest BCUT2D eigenvalue weighted by Crippen LogP contribution is 2.32. The molecule has 0 aliphatic rings. The molecule has 0 aliphatic carbocycles. The summed E-state index contributed by atoms with van der Waals surface area (Å²) in [5, 5.41) is 2.86. The van der Waals surface area contributed by atoms with Crippen LogP contribution in [-0.2, 0) is 12.6 Å². The average molecular weight is 304 g/mol. The summed E-state index contributed by atoms with van der Waals surface area (Å²) < 4.78 is 50.8. The first-order chi connectivity index (χ1) is 9.38. The van der Waals surface area contributed by atoms with Gasteiger partial charge < -0.3 is 5.32 Å². The zero-order valence-electron chi connectivity index (χ0n) is 10.6. The van der Waals surface area contributed by atoms with E-state index in [-0.39, 0.29) is 5.69 Å². The van der Waals surface area contributed by atoms with Crippen LogP contribution in [0, 0.1) is 12.7 Å². The van der Waals surface area contributed by atoms with E-state index < -0.39 is 17.6 Å². The van der Waals surface area contributed by atoms with Gasteiger partial charge in [0, 0.05) is 23.5 Å². The van der Waals surface area contributed by atoms with Crippen LogP contribution in [0.5, 0.6) is 0 Å². The van der Waals surface area contributed by atoms with Crippen molar-refractivity contribution in [2.24, 2.45) is 0 Å². The molecule has 0 radical (unpaired) electrons. The number of halogens is 4. The van der Waals surface area contributed by atoms with Crippen LogP contribution in [0.2, 0.25) is 0 Å². The van der Waals surface area contributed by atoms with Gasteiger partial charge in [0.15, 0.2) is 0 Å². The molecule has 0 amide bonds. The van der Waals surface area contributed by atoms with E-state index in [2.05, 4.69) is 10.3 Å². The minimum absolute atomic E-state index is 0.251. The number of aryl methyl sites for hydroxylation is 1. The van der Waals surface area contributed by atoms with Gasteiger partial charge in [-0.3, -0.25) is 0 Å². The molecule has 0 atom stereocenters. The molecule has 1 aromatic heterocycles. The van der Waals surface area contributed by atoms with E-state index in [4.69, 9.17) is 0 Å². The topological polar surface area (TPSA) is 24.9 Å². The molecule has 0 unspecified atom stereocenters. The number of alkyl halides is 3. The van der Waals surface area contributed by atoms with Crippen LogP contribution < -0.4 is 5.32 Å². The molecule has 2 rings (SSSR count). The highest BCUT2D eigenvalue weighted by molar-refractivity contribution is 7.09. The lowest BCUT2D eigenvalue weighted by atomic mass is 10.1. The van der Waals surface area contributed by atoms with Gasteiger partial charge in [0.1, 0.15) is 5.82 Å². The van der Waals surface area contributed by atoms with Crippen LogP contribution in [0.3, 0.4) is 0 Å². The predicted molar refractivity (Wildman–Crippen MR) is 70.4 cm³/mol. The maximum absolute atomic E-state index is 13.1. The van der Waals surface area contributed by atoms with Crippen LogP contribution in [0.4, 0.5) is 23.2 Å². The van der Waals surface area contributed by atoms with Gasteiger partial charge in [-0.1, -0.05) is 0 Å². The first-order valence-corrected chi connectivity index (χ1v) is 6.75. The van der Waals surface area contributed by atoms with Crippen molar-refractivity contribution in [1.82, 2.24) is 4.98 Å². The molecule has 0 spiro atoms. The molecule has 0 saturated carbocycles. The molecule has 108 valence electrons. The Morgan fingerprint density at radius 2 is 2.05 bits per heavy atom. The lowest BCUT2D eigenvalue weighted by Crippen LogP contribution is -2.10. The van der Waals surface area contributed by atoms with Gasteiger partial charge in [-0.15, -0.1) is 11.3 Å². The van der Waals surface area contributed by atoms with Crippen molar-refractivity contribution in [3.63, 3.8) is 0 Å². The zero-order valence-corrected chi connectivity index (χ0v) is 11.4. The summed E-state index contributed by atoms with van der Waals surface area (Å²) in [7, 11) is 0. The Bertz CT molecular complexity index is 592. The number of hydrogen-bond acceptors (Lipinski definition) is 3. The number of hydrogen-bond donors (Lipinski definition) is 1.